The van der Waals surface area contributed by atoms with Crippen LogP contribution in [0.3, 0.4) is 0 Å². The summed E-state index contributed by atoms with van der Waals surface area (Å²) in [4.78, 5) is 56.6. The molecule has 1 aromatic heterocycles. The molecular formula is C21H24FN5O6. The number of hydrogen-bond donors (Lipinski definition) is 2. The number of benzene rings is 1. The standard InChI is InChI=1S/C21H24FN5O6/c1-25(2)20(31)21(32)26(3)14-11-33-9-8-27-17(14)24-15(16(28)19(27)30)18(29)23-10-12-4-6-13(22)7-5-12/h4-7,14,28H,8-11H2,1-3H3,(H,23,29). The number of hydrogen-bond acceptors (Lipinski definition) is 7. The molecule has 3 amide bonds. The third kappa shape index (κ3) is 5.00. The zero-order chi connectivity index (χ0) is 24.3. The van der Waals surface area contributed by atoms with Crippen molar-refractivity contribution in [1.82, 2.24) is 24.7 Å². The number of aromatic nitrogens is 2. The smallest absolute Gasteiger partial charge is 0.312 e. The molecule has 1 aliphatic heterocycles. The fourth-order valence-electron chi connectivity index (χ4n) is 3.25. The molecule has 0 saturated carbocycles. The van der Waals surface area contributed by atoms with Crippen LogP contribution in [0.1, 0.15) is 27.9 Å². The van der Waals surface area contributed by atoms with Gasteiger partial charge >= 0.3 is 11.8 Å². The third-order valence-electron chi connectivity index (χ3n) is 5.17. The van der Waals surface area contributed by atoms with Crippen LogP contribution in [0.4, 0.5) is 4.39 Å². The van der Waals surface area contributed by atoms with Crippen LogP contribution in [-0.2, 0) is 27.4 Å². The second-order valence-corrected chi connectivity index (χ2v) is 7.64. The summed E-state index contributed by atoms with van der Waals surface area (Å²) in [6.07, 6.45) is 0. The molecule has 33 heavy (non-hydrogen) atoms. The lowest BCUT2D eigenvalue weighted by Gasteiger charge is -2.28. The summed E-state index contributed by atoms with van der Waals surface area (Å²) in [6.45, 7) is 0.0639. The zero-order valence-corrected chi connectivity index (χ0v) is 18.4. The minimum absolute atomic E-state index is 0.000909. The quantitative estimate of drug-likeness (QED) is 0.594. The second-order valence-electron chi connectivity index (χ2n) is 7.64. The van der Waals surface area contributed by atoms with E-state index in [9.17, 15) is 28.7 Å². The van der Waals surface area contributed by atoms with Gasteiger partial charge in [0.2, 0.25) is 5.75 Å². The molecule has 11 nitrogen and oxygen atoms in total. The Hall–Kier alpha value is -3.80. The first-order valence-corrected chi connectivity index (χ1v) is 10.0. The largest absolute Gasteiger partial charge is 0.501 e. The van der Waals surface area contributed by atoms with E-state index in [0.29, 0.717) is 5.56 Å². The minimum Gasteiger partial charge on any atom is -0.501 e. The van der Waals surface area contributed by atoms with Crippen LogP contribution in [0.15, 0.2) is 29.1 Å². The summed E-state index contributed by atoms with van der Waals surface area (Å²) < 4.78 is 19.7. The van der Waals surface area contributed by atoms with Crippen LogP contribution < -0.4 is 10.9 Å². The van der Waals surface area contributed by atoms with Gasteiger partial charge in [0.15, 0.2) is 5.69 Å². The highest BCUT2D eigenvalue weighted by atomic mass is 19.1. The van der Waals surface area contributed by atoms with Gasteiger partial charge in [-0.05, 0) is 17.7 Å². The van der Waals surface area contributed by atoms with Crippen molar-refractivity contribution in [3.05, 3.63) is 57.5 Å². The Kier molecular flexibility index (Phi) is 7.07. The highest BCUT2D eigenvalue weighted by molar-refractivity contribution is 6.34. The maximum Gasteiger partial charge on any atom is 0.312 e. The Bertz CT molecular complexity index is 1130. The van der Waals surface area contributed by atoms with Crippen molar-refractivity contribution in [2.45, 2.75) is 19.1 Å². The van der Waals surface area contributed by atoms with Gasteiger partial charge in [-0.15, -0.1) is 0 Å². The molecule has 0 fully saturated rings. The molecule has 1 aromatic carbocycles. The number of nitrogens with one attached hydrogen (secondary N) is 1. The SMILES string of the molecule is CN(C)C(=O)C(=O)N(C)C1COCCn2c1nc(C(=O)NCc1ccc(F)cc1)c(O)c2=O. The Morgan fingerprint density at radius 1 is 1.21 bits per heavy atom. The van der Waals surface area contributed by atoms with E-state index < -0.39 is 46.6 Å². The van der Waals surface area contributed by atoms with Gasteiger partial charge in [-0.25, -0.2) is 9.37 Å². The van der Waals surface area contributed by atoms with Crippen molar-refractivity contribution in [1.29, 1.82) is 0 Å². The monoisotopic (exact) mass is 461 g/mol. The van der Waals surface area contributed by atoms with Gasteiger partial charge < -0.3 is 25.0 Å². The number of fused-ring (bicyclic) bond motifs is 1. The van der Waals surface area contributed by atoms with E-state index in [1.807, 2.05) is 0 Å². The highest BCUT2D eigenvalue weighted by Crippen LogP contribution is 2.23. The van der Waals surface area contributed by atoms with Crippen molar-refractivity contribution in [2.24, 2.45) is 0 Å². The maximum absolute atomic E-state index is 13.1. The predicted molar refractivity (Wildman–Crippen MR) is 113 cm³/mol. The van der Waals surface area contributed by atoms with Gasteiger partial charge in [-0.3, -0.25) is 23.7 Å². The molecule has 0 bridgehead atoms. The Morgan fingerprint density at radius 3 is 2.52 bits per heavy atom. The lowest BCUT2D eigenvalue weighted by atomic mass is 10.2. The lowest BCUT2D eigenvalue weighted by Crippen LogP contribution is -2.44. The molecule has 1 unspecified atom stereocenters. The van der Waals surface area contributed by atoms with Crippen LogP contribution in [0, 0.1) is 5.82 Å². The van der Waals surface area contributed by atoms with Crippen molar-refractivity contribution in [3.63, 3.8) is 0 Å². The molecule has 0 saturated heterocycles. The Morgan fingerprint density at radius 2 is 1.88 bits per heavy atom. The summed E-state index contributed by atoms with van der Waals surface area (Å²) in [7, 11) is 4.21. The van der Waals surface area contributed by atoms with Crippen molar-refractivity contribution >= 4 is 17.7 Å². The van der Waals surface area contributed by atoms with E-state index in [1.54, 1.807) is 0 Å². The van der Waals surface area contributed by atoms with E-state index in [0.717, 1.165) is 14.4 Å². The molecule has 0 spiro atoms. The van der Waals surface area contributed by atoms with Gasteiger partial charge in [-0.2, -0.15) is 0 Å². The molecule has 12 heteroatoms. The molecule has 2 aromatic rings. The van der Waals surface area contributed by atoms with Gasteiger partial charge in [0.05, 0.1) is 19.8 Å². The summed E-state index contributed by atoms with van der Waals surface area (Å²) in [5.74, 6) is -3.75. The van der Waals surface area contributed by atoms with Gasteiger partial charge in [0.1, 0.15) is 17.7 Å². The van der Waals surface area contributed by atoms with Crippen molar-refractivity contribution in [2.75, 3.05) is 34.4 Å². The lowest BCUT2D eigenvalue weighted by molar-refractivity contribution is -0.151. The molecule has 0 radical (unpaired) electrons. The van der Waals surface area contributed by atoms with E-state index >= 15 is 0 Å². The maximum atomic E-state index is 13.1. The molecule has 3 rings (SSSR count). The number of carbonyl (C=O) groups excluding carboxylic acids is 3. The number of rotatable bonds is 4. The molecule has 176 valence electrons. The number of aromatic hydroxyl groups is 1. The van der Waals surface area contributed by atoms with Crippen LogP contribution >= 0.6 is 0 Å². The topological polar surface area (TPSA) is 134 Å². The molecule has 0 aliphatic carbocycles. The average molecular weight is 461 g/mol. The number of ether oxygens (including phenoxy) is 1. The van der Waals surface area contributed by atoms with E-state index in [2.05, 4.69) is 10.3 Å². The van der Waals surface area contributed by atoms with Crippen LogP contribution in [0.5, 0.6) is 5.75 Å². The number of amides is 3. The highest BCUT2D eigenvalue weighted by Gasteiger charge is 2.34. The molecule has 1 atom stereocenters. The fourth-order valence-corrected chi connectivity index (χ4v) is 3.25. The fraction of sp³-hybridized carbons (Fsp3) is 0.381. The van der Waals surface area contributed by atoms with Crippen LogP contribution in [0.25, 0.3) is 0 Å². The summed E-state index contributed by atoms with van der Waals surface area (Å²) in [6, 6.07) is 4.47. The van der Waals surface area contributed by atoms with Crippen molar-refractivity contribution < 1.29 is 28.6 Å². The van der Waals surface area contributed by atoms with Gasteiger partial charge in [0.25, 0.3) is 11.5 Å². The summed E-state index contributed by atoms with van der Waals surface area (Å²) >= 11 is 0. The summed E-state index contributed by atoms with van der Waals surface area (Å²) in [5.41, 5.74) is -0.809. The van der Waals surface area contributed by atoms with Gasteiger partial charge in [0, 0.05) is 27.7 Å². The van der Waals surface area contributed by atoms with Crippen LogP contribution in [0.2, 0.25) is 0 Å². The Labute approximate surface area is 188 Å². The number of halogens is 1. The average Bonchev–Trinajstić information content (AvgIpc) is 3.01. The number of carbonyl (C=O) groups is 3. The second kappa shape index (κ2) is 9.77. The first kappa shape index (κ1) is 23.9. The molecule has 1 aliphatic rings. The number of likely N-dealkylation sites (N-methyl/N-ethyl adjacent to an activating group) is 2. The molecule has 2 N–H and O–H groups in total. The zero-order valence-electron chi connectivity index (χ0n) is 18.4. The van der Waals surface area contributed by atoms with E-state index in [4.69, 9.17) is 4.74 Å². The number of nitrogens with zero attached hydrogens (tertiary/aromatic N) is 4. The summed E-state index contributed by atoms with van der Waals surface area (Å²) in [5, 5.41) is 12.9. The normalized spacial score (nSPS) is 15.2. The third-order valence-corrected chi connectivity index (χ3v) is 5.17. The Balaban J connectivity index is 1.95. The van der Waals surface area contributed by atoms with E-state index in [1.165, 1.54) is 45.4 Å². The molecular weight excluding hydrogens is 437 g/mol. The van der Waals surface area contributed by atoms with Crippen LogP contribution in [-0.4, -0.2) is 76.5 Å². The molecule has 2 heterocycles. The predicted octanol–water partition coefficient (Wildman–Crippen LogP) is -0.364. The van der Waals surface area contributed by atoms with Crippen molar-refractivity contribution in [3.8, 4) is 5.75 Å². The van der Waals surface area contributed by atoms with E-state index in [-0.39, 0.29) is 32.1 Å². The van der Waals surface area contributed by atoms with Gasteiger partial charge in [-0.1, -0.05) is 12.1 Å². The first-order chi connectivity index (χ1) is 15.6. The first-order valence-electron chi connectivity index (χ1n) is 10.0. The minimum atomic E-state index is -0.958.